The maximum atomic E-state index is 12.8. The SMILES string of the molecule is CCOc1ccc(C(=O)N(CC)Cc2nc(-c3ccc(C)cc3)no2)cc1. The van der Waals surface area contributed by atoms with Crippen LogP contribution < -0.4 is 4.74 Å². The first kappa shape index (κ1) is 18.6. The van der Waals surface area contributed by atoms with Gasteiger partial charge in [0.15, 0.2) is 0 Å². The molecule has 0 atom stereocenters. The number of nitrogens with zero attached hydrogens (tertiary/aromatic N) is 3. The molecule has 0 N–H and O–H groups in total. The van der Waals surface area contributed by atoms with Gasteiger partial charge in [-0.3, -0.25) is 4.79 Å². The smallest absolute Gasteiger partial charge is 0.254 e. The minimum absolute atomic E-state index is 0.0874. The third-order valence-electron chi connectivity index (χ3n) is 4.19. The summed E-state index contributed by atoms with van der Waals surface area (Å²) >= 11 is 0. The van der Waals surface area contributed by atoms with Gasteiger partial charge in [-0.15, -0.1) is 0 Å². The van der Waals surface area contributed by atoms with E-state index < -0.39 is 0 Å². The van der Waals surface area contributed by atoms with Gasteiger partial charge in [-0.05, 0) is 45.0 Å². The lowest BCUT2D eigenvalue weighted by atomic mass is 10.1. The molecule has 0 aliphatic carbocycles. The molecule has 27 heavy (non-hydrogen) atoms. The predicted molar refractivity (Wildman–Crippen MR) is 102 cm³/mol. The maximum absolute atomic E-state index is 12.8. The molecule has 140 valence electrons. The molecule has 2 aromatic carbocycles. The van der Waals surface area contributed by atoms with E-state index in [0.717, 1.165) is 11.3 Å². The highest BCUT2D eigenvalue weighted by Crippen LogP contribution is 2.18. The summed E-state index contributed by atoms with van der Waals surface area (Å²) in [5.41, 5.74) is 2.65. The van der Waals surface area contributed by atoms with Crippen molar-refractivity contribution in [3.05, 3.63) is 65.5 Å². The average molecular weight is 365 g/mol. The zero-order valence-electron chi connectivity index (χ0n) is 15.8. The van der Waals surface area contributed by atoms with Crippen molar-refractivity contribution in [2.75, 3.05) is 13.2 Å². The molecule has 0 saturated heterocycles. The van der Waals surface area contributed by atoms with Crippen LogP contribution in [0, 0.1) is 6.92 Å². The summed E-state index contributed by atoms with van der Waals surface area (Å²) in [6.45, 7) is 7.26. The largest absolute Gasteiger partial charge is 0.494 e. The van der Waals surface area contributed by atoms with Crippen LogP contribution in [-0.2, 0) is 6.54 Å². The quantitative estimate of drug-likeness (QED) is 0.630. The molecule has 6 heteroatoms. The van der Waals surface area contributed by atoms with E-state index in [0.29, 0.717) is 30.4 Å². The van der Waals surface area contributed by atoms with Crippen molar-refractivity contribution in [2.24, 2.45) is 0 Å². The van der Waals surface area contributed by atoms with Gasteiger partial charge in [-0.25, -0.2) is 0 Å². The lowest BCUT2D eigenvalue weighted by Crippen LogP contribution is -2.30. The first-order chi connectivity index (χ1) is 13.1. The van der Waals surface area contributed by atoms with E-state index in [1.54, 1.807) is 29.2 Å². The highest BCUT2D eigenvalue weighted by Gasteiger charge is 2.18. The van der Waals surface area contributed by atoms with Crippen LogP contribution in [0.4, 0.5) is 0 Å². The zero-order chi connectivity index (χ0) is 19.2. The fourth-order valence-corrected chi connectivity index (χ4v) is 2.67. The van der Waals surface area contributed by atoms with Crippen LogP contribution in [0.15, 0.2) is 53.1 Å². The molecule has 3 aromatic rings. The minimum Gasteiger partial charge on any atom is -0.494 e. The van der Waals surface area contributed by atoms with Crippen LogP contribution >= 0.6 is 0 Å². The van der Waals surface area contributed by atoms with E-state index >= 15 is 0 Å². The molecule has 0 aliphatic rings. The molecular formula is C21H23N3O3. The lowest BCUT2D eigenvalue weighted by Gasteiger charge is -2.19. The van der Waals surface area contributed by atoms with Gasteiger partial charge in [0.05, 0.1) is 6.61 Å². The Hall–Kier alpha value is -3.15. The predicted octanol–water partition coefficient (Wildman–Crippen LogP) is 4.11. The Bertz CT molecular complexity index is 886. The summed E-state index contributed by atoms with van der Waals surface area (Å²) in [5, 5.41) is 4.03. The molecule has 1 aromatic heterocycles. The summed E-state index contributed by atoms with van der Waals surface area (Å²) < 4.78 is 10.8. The number of aromatic nitrogens is 2. The number of hydrogen-bond donors (Lipinski definition) is 0. The standard InChI is InChI=1S/C21H23N3O3/c1-4-24(21(25)17-10-12-18(13-11-17)26-5-2)14-19-22-20(23-27-19)16-8-6-15(3)7-9-16/h6-13H,4-5,14H2,1-3H3. The normalized spacial score (nSPS) is 10.6. The Morgan fingerprint density at radius 2 is 1.78 bits per heavy atom. The average Bonchev–Trinajstić information content (AvgIpc) is 3.15. The monoisotopic (exact) mass is 365 g/mol. The molecule has 0 radical (unpaired) electrons. The van der Waals surface area contributed by atoms with Crippen molar-refractivity contribution in [2.45, 2.75) is 27.3 Å². The van der Waals surface area contributed by atoms with Crippen LogP contribution in [0.2, 0.25) is 0 Å². The molecule has 0 saturated carbocycles. The molecular weight excluding hydrogens is 342 g/mol. The number of aryl methyl sites for hydroxylation is 1. The van der Waals surface area contributed by atoms with Crippen molar-refractivity contribution in [3.63, 3.8) is 0 Å². The van der Waals surface area contributed by atoms with Crippen LogP contribution in [0.25, 0.3) is 11.4 Å². The first-order valence-electron chi connectivity index (χ1n) is 9.02. The summed E-state index contributed by atoms with van der Waals surface area (Å²) in [7, 11) is 0. The fourth-order valence-electron chi connectivity index (χ4n) is 2.67. The van der Waals surface area contributed by atoms with Gasteiger partial charge in [0, 0.05) is 17.7 Å². The molecule has 0 aliphatic heterocycles. The number of carbonyl (C=O) groups is 1. The molecule has 0 spiro atoms. The Morgan fingerprint density at radius 3 is 2.41 bits per heavy atom. The van der Waals surface area contributed by atoms with Crippen molar-refractivity contribution >= 4 is 5.91 Å². The van der Waals surface area contributed by atoms with Gasteiger partial charge in [0.25, 0.3) is 5.91 Å². The molecule has 0 fully saturated rings. The number of rotatable bonds is 7. The van der Waals surface area contributed by atoms with E-state index in [1.165, 1.54) is 5.56 Å². The number of benzene rings is 2. The Labute approximate surface area is 158 Å². The van der Waals surface area contributed by atoms with Crippen LogP contribution in [0.5, 0.6) is 5.75 Å². The van der Waals surface area contributed by atoms with Crippen LogP contribution in [-0.4, -0.2) is 34.1 Å². The number of amides is 1. The number of ether oxygens (including phenoxy) is 1. The summed E-state index contributed by atoms with van der Waals surface area (Å²) in [4.78, 5) is 18.8. The highest BCUT2D eigenvalue weighted by atomic mass is 16.5. The summed E-state index contributed by atoms with van der Waals surface area (Å²) in [6, 6.07) is 15.0. The maximum Gasteiger partial charge on any atom is 0.254 e. The van der Waals surface area contributed by atoms with Gasteiger partial charge in [0.2, 0.25) is 11.7 Å². The molecule has 6 nitrogen and oxygen atoms in total. The topological polar surface area (TPSA) is 68.5 Å². The Balaban J connectivity index is 1.71. The molecule has 1 amide bonds. The number of hydrogen-bond acceptors (Lipinski definition) is 5. The third kappa shape index (κ3) is 4.53. The second-order valence-electron chi connectivity index (χ2n) is 6.15. The minimum atomic E-state index is -0.0874. The third-order valence-corrected chi connectivity index (χ3v) is 4.19. The van der Waals surface area contributed by atoms with E-state index in [1.807, 2.05) is 45.0 Å². The summed E-state index contributed by atoms with van der Waals surface area (Å²) in [5.74, 6) is 1.59. The van der Waals surface area contributed by atoms with Gasteiger partial charge in [-0.2, -0.15) is 4.98 Å². The van der Waals surface area contributed by atoms with Crippen molar-refractivity contribution in [1.29, 1.82) is 0 Å². The molecule has 0 unspecified atom stereocenters. The zero-order valence-corrected chi connectivity index (χ0v) is 15.8. The summed E-state index contributed by atoms with van der Waals surface area (Å²) in [6.07, 6.45) is 0. The molecule has 1 heterocycles. The second-order valence-corrected chi connectivity index (χ2v) is 6.15. The molecule has 0 bridgehead atoms. The van der Waals surface area contributed by atoms with Crippen molar-refractivity contribution in [1.82, 2.24) is 15.0 Å². The van der Waals surface area contributed by atoms with Crippen molar-refractivity contribution < 1.29 is 14.1 Å². The molecule has 3 rings (SSSR count). The van der Waals surface area contributed by atoms with Gasteiger partial charge >= 0.3 is 0 Å². The van der Waals surface area contributed by atoms with E-state index in [9.17, 15) is 4.79 Å². The van der Waals surface area contributed by atoms with Crippen molar-refractivity contribution in [3.8, 4) is 17.1 Å². The van der Waals surface area contributed by atoms with Crippen LogP contribution in [0.1, 0.15) is 35.7 Å². The van der Waals surface area contributed by atoms with E-state index in [-0.39, 0.29) is 12.5 Å². The Kier molecular flexibility index (Phi) is 5.86. The van der Waals surface area contributed by atoms with E-state index in [4.69, 9.17) is 9.26 Å². The van der Waals surface area contributed by atoms with Gasteiger partial charge < -0.3 is 14.2 Å². The highest BCUT2D eigenvalue weighted by molar-refractivity contribution is 5.94. The first-order valence-corrected chi connectivity index (χ1v) is 9.02. The lowest BCUT2D eigenvalue weighted by molar-refractivity contribution is 0.0734. The second kappa shape index (κ2) is 8.49. The van der Waals surface area contributed by atoms with Gasteiger partial charge in [-0.1, -0.05) is 35.0 Å². The van der Waals surface area contributed by atoms with Crippen LogP contribution in [0.3, 0.4) is 0 Å². The number of carbonyl (C=O) groups excluding carboxylic acids is 1. The van der Waals surface area contributed by atoms with Gasteiger partial charge in [0.1, 0.15) is 12.3 Å². The fraction of sp³-hybridized carbons (Fsp3) is 0.286. The Morgan fingerprint density at radius 1 is 1.07 bits per heavy atom. The van der Waals surface area contributed by atoms with E-state index in [2.05, 4.69) is 10.1 Å².